The van der Waals surface area contributed by atoms with Gasteiger partial charge >= 0.3 is 0 Å². The minimum atomic E-state index is -0.292. The van der Waals surface area contributed by atoms with Crippen molar-refractivity contribution in [3.05, 3.63) is 42.5 Å². The summed E-state index contributed by atoms with van der Waals surface area (Å²) in [5, 5.41) is 10.3. The van der Waals surface area contributed by atoms with E-state index >= 15 is 0 Å². The number of hydrogen-bond acceptors (Lipinski definition) is 3. The average molecular weight is 314 g/mol. The summed E-state index contributed by atoms with van der Waals surface area (Å²) < 4.78 is 11.6. The third kappa shape index (κ3) is 5.20. The predicted octanol–water partition coefficient (Wildman–Crippen LogP) is 5.41. The first-order valence-electron chi connectivity index (χ1n) is 7.85. The predicted molar refractivity (Wildman–Crippen MR) is 94.3 cm³/mol. The van der Waals surface area contributed by atoms with E-state index in [1.165, 1.54) is 0 Å². The summed E-state index contributed by atoms with van der Waals surface area (Å²) in [6.45, 7) is 12.0. The van der Waals surface area contributed by atoms with Gasteiger partial charge in [0.2, 0.25) is 0 Å². The Morgan fingerprint density at radius 1 is 0.696 bits per heavy atom. The summed E-state index contributed by atoms with van der Waals surface area (Å²) in [7, 11) is 0. The first kappa shape index (κ1) is 17.2. The molecule has 3 nitrogen and oxygen atoms in total. The maximum atomic E-state index is 10.3. The molecule has 3 heteroatoms. The van der Waals surface area contributed by atoms with E-state index in [1.54, 1.807) is 6.07 Å². The quantitative estimate of drug-likeness (QED) is 0.822. The monoisotopic (exact) mass is 314 g/mol. The summed E-state index contributed by atoms with van der Waals surface area (Å²) in [6, 6.07) is 13.1. The van der Waals surface area contributed by atoms with E-state index in [0.29, 0.717) is 5.75 Å². The van der Waals surface area contributed by atoms with Crippen molar-refractivity contribution in [1.82, 2.24) is 0 Å². The van der Waals surface area contributed by atoms with Gasteiger partial charge in [-0.2, -0.15) is 0 Å². The average Bonchev–Trinajstić information content (AvgIpc) is 2.36. The molecule has 0 saturated carbocycles. The Morgan fingerprint density at radius 3 is 1.65 bits per heavy atom. The van der Waals surface area contributed by atoms with Crippen LogP contribution < -0.4 is 9.47 Å². The smallest absolute Gasteiger partial charge is 0.127 e. The highest BCUT2D eigenvalue weighted by molar-refractivity contribution is 5.71. The fraction of sp³-hybridized carbons (Fsp3) is 0.400. The second-order valence-electron chi connectivity index (χ2n) is 7.63. The number of aromatic hydroxyl groups is 1. The number of phenols is 1. The molecule has 2 aromatic carbocycles. The minimum absolute atomic E-state index is 0.205. The molecule has 124 valence electrons. The topological polar surface area (TPSA) is 38.7 Å². The molecule has 0 aliphatic rings. The molecule has 0 bridgehead atoms. The molecule has 1 N–H and O–H groups in total. The van der Waals surface area contributed by atoms with Crippen molar-refractivity contribution in [2.75, 3.05) is 0 Å². The SMILES string of the molecule is CC(C)(C)Oc1ccc(-c2ccc(OC(C)(C)C)cc2O)cc1. The van der Waals surface area contributed by atoms with Gasteiger partial charge in [0.25, 0.3) is 0 Å². The second-order valence-corrected chi connectivity index (χ2v) is 7.63. The number of benzene rings is 2. The van der Waals surface area contributed by atoms with E-state index in [1.807, 2.05) is 77.9 Å². The van der Waals surface area contributed by atoms with Crippen LogP contribution in [0.3, 0.4) is 0 Å². The molecular weight excluding hydrogens is 288 g/mol. The van der Waals surface area contributed by atoms with Crippen LogP contribution in [0, 0.1) is 0 Å². The number of phenolic OH excluding ortho intramolecular Hbond substituents is 1. The third-order valence-corrected chi connectivity index (χ3v) is 2.98. The summed E-state index contributed by atoms with van der Waals surface area (Å²) in [4.78, 5) is 0. The molecule has 0 aromatic heterocycles. The Morgan fingerprint density at radius 2 is 1.17 bits per heavy atom. The molecule has 2 rings (SSSR count). The minimum Gasteiger partial charge on any atom is -0.507 e. The Hall–Kier alpha value is -2.16. The molecule has 0 spiro atoms. The van der Waals surface area contributed by atoms with Crippen LogP contribution in [0.2, 0.25) is 0 Å². The Kier molecular flexibility index (Phi) is 4.60. The van der Waals surface area contributed by atoms with Crippen LogP contribution >= 0.6 is 0 Å². The maximum absolute atomic E-state index is 10.3. The van der Waals surface area contributed by atoms with E-state index in [9.17, 15) is 5.11 Å². The molecule has 23 heavy (non-hydrogen) atoms. The van der Waals surface area contributed by atoms with Crippen molar-refractivity contribution in [2.45, 2.75) is 52.7 Å². The van der Waals surface area contributed by atoms with Crippen LogP contribution in [0.4, 0.5) is 0 Å². The maximum Gasteiger partial charge on any atom is 0.127 e. The molecule has 0 heterocycles. The van der Waals surface area contributed by atoms with Gasteiger partial charge in [-0.05, 0) is 71.4 Å². The lowest BCUT2D eigenvalue weighted by atomic mass is 10.0. The summed E-state index contributed by atoms with van der Waals surface area (Å²) in [5.74, 6) is 1.68. The zero-order valence-corrected chi connectivity index (χ0v) is 14.8. The van der Waals surface area contributed by atoms with E-state index < -0.39 is 0 Å². The van der Waals surface area contributed by atoms with Crippen LogP contribution in [0.1, 0.15) is 41.5 Å². The van der Waals surface area contributed by atoms with Gasteiger partial charge in [-0.25, -0.2) is 0 Å². The van der Waals surface area contributed by atoms with Gasteiger partial charge in [0.15, 0.2) is 0 Å². The molecule has 2 aromatic rings. The molecular formula is C20H26O3. The van der Waals surface area contributed by atoms with Crippen LogP contribution in [0.15, 0.2) is 42.5 Å². The van der Waals surface area contributed by atoms with Crippen molar-refractivity contribution < 1.29 is 14.6 Å². The highest BCUT2D eigenvalue weighted by atomic mass is 16.5. The van der Waals surface area contributed by atoms with Crippen molar-refractivity contribution >= 4 is 0 Å². The van der Waals surface area contributed by atoms with Crippen LogP contribution in [0.25, 0.3) is 11.1 Å². The Labute approximate surface area is 138 Å². The summed E-state index contributed by atoms with van der Waals surface area (Å²) in [6.07, 6.45) is 0. The molecule has 0 radical (unpaired) electrons. The molecule has 0 amide bonds. The van der Waals surface area contributed by atoms with E-state index in [-0.39, 0.29) is 17.0 Å². The fourth-order valence-electron chi connectivity index (χ4n) is 2.23. The summed E-state index contributed by atoms with van der Waals surface area (Å²) >= 11 is 0. The zero-order valence-electron chi connectivity index (χ0n) is 14.8. The Balaban J connectivity index is 2.22. The highest BCUT2D eigenvalue weighted by Gasteiger charge is 2.14. The fourth-order valence-corrected chi connectivity index (χ4v) is 2.23. The van der Waals surface area contributed by atoms with Crippen LogP contribution in [0.5, 0.6) is 17.2 Å². The lowest BCUT2D eigenvalue weighted by molar-refractivity contribution is 0.130. The van der Waals surface area contributed by atoms with Gasteiger partial charge in [-0.3, -0.25) is 0 Å². The lowest BCUT2D eigenvalue weighted by Crippen LogP contribution is -2.22. The molecule has 0 atom stereocenters. The number of hydrogen-bond donors (Lipinski definition) is 1. The molecule has 0 aliphatic carbocycles. The van der Waals surface area contributed by atoms with Gasteiger partial charge < -0.3 is 14.6 Å². The largest absolute Gasteiger partial charge is 0.507 e. The van der Waals surface area contributed by atoms with Crippen LogP contribution in [-0.2, 0) is 0 Å². The van der Waals surface area contributed by atoms with E-state index in [0.717, 1.165) is 16.9 Å². The van der Waals surface area contributed by atoms with Crippen molar-refractivity contribution in [1.29, 1.82) is 0 Å². The van der Waals surface area contributed by atoms with Gasteiger partial charge in [0, 0.05) is 11.6 Å². The van der Waals surface area contributed by atoms with Crippen LogP contribution in [-0.4, -0.2) is 16.3 Å². The molecule has 0 aliphatic heterocycles. The van der Waals surface area contributed by atoms with Crippen molar-refractivity contribution in [2.24, 2.45) is 0 Å². The van der Waals surface area contributed by atoms with Gasteiger partial charge in [-0.1, -0.05) is 12.1 Å². The van der Waals surface area contributed by atoms with E-state index in [4.69, 9.17) is 9.47 Å². The van der Waals surface area contributed by atoms with Gasteiger partial charge in [0.05, 0.1) is 0 Å². The normalized spacial score (nSPS) is 12.1. The lowest BCUT2D eigenvalue weighted by Gasteiger charge is -2.22. The molecule has 0 fully saturated rings. The van der Waals surface area contributed by atoms with Crippen molar-refractivity contribution in [3.8, 4) is 28.4 Å². The number of rotatable bonds is 3. The zero-order chi connectivity index (χ0) is 17.3. The van der Waals surface area contributed by atoms with Gasteiger partial charge in [0.1, 0.15) is 28.5 Å². The highest BCUT2D eigenvalue weighted by Crippen LogP contribution is 2.34. The molecule has 0 unspecified atom stereocenters. The Bertz CT molecular complexity index is 659. The second kappa shape index (κ2) is 6.15. The molecule has 0 saturated heterocycles. The number of ether oxygens (including phenoxy) is 2. The van der Waals surface area contributed by atoms with E-state index in [2.05, 4.69) is 0 Å². The standard InChI is InChI=1S/C20H26O3/c1-19(2,3)22-15-9-7-14(8-10-15)17-12-11-16(13-18(17)21)23-20(4,5)6/h7-13,21H,1-6H3. The first-order chi connectivity index (χ1) is 10.5. The first-order valence-corrected chi connectivity index (χ1v) is 7.85. The van der Waals surface area contributed by atoms with Crippen molar-refractivity contribution in [3.63, 3.8) is 0 Å². The van der Waals surface area contributed by atoms with Gasteiger partial charge in [-0.15, -0.1) is 0 Å². The summed E-state index contributed by atoms with van der Waals surface area (Å²) in [5.41, 5.74) is 1.19. The third-order valence-electron chi connectivity index (χ3n) is 2.98.